The van der Waals surface area contributed by atoms with Crippen molar-refractivity contribution in [3.63, 3.8) is 0 Å². The summed E-state index contributed by atoms with van der Waals surface area (Å²) in [6.07, 6.45) is 6.57. The maximum Gasteiger partial charge on any atom is 0.0916 e. The van der Waals surface area contributed by atoms with Crippen LogP contribution in [0.15, 0.2) is 24.3 Å². The fraction of sp³-hybridized carbons (Fsp3) is 0.667. The third-order valence-electron chi connectivity index (χ3n) is 5.18. The molecule has 1 saturated heterocycles. The molecule has 1 atom stereocenters. The summed E-state index contributed by atoms with van der Waals surface area (Å²) < 4.78 is 0. The molecule has 1 heterocycles. The fourth-order valence-electron chi connectivity index (χ4n) is 3.79. The highest BCUT2D eigenvalue weighted by Crippen LogP contribution is 2.24. The zero-order chi connectivity index (χ0) is 15.4. The largest absolute Gasteiger partial charge is 0.387 e. The Balaban J connectivity index is 1.46. The molecule has 2 fully saturated rings. The van der Waals surface area contributed by atoms with Gasteiger partial charge in [-0.3, -0.25) is 9.80 Å². The van der Waals surface area contributed by atoms with Crippen molar-refractivity contribution in [3.05, 3.63) is 34.9 Å². The van der Waals surface area contributed by atoms with Crippen molar-refractivity contribution >= 4 is 11.6 Å². The highest BCUT2D eigenvalue weighted by atomic mass is 35.5. The summed E-state index contributed by atoms with van der Waals surface area (Å²) in [4.78, 5) is 5.06. The second-order valence-corrected chi connectivity index (χ2v) is 7.13. The molecule has 0 bridgehead atoms. The van der Waals surface area contributed by atoms with Crippen molar-refractivity contribution in [1.29, 1.82) is 0 Å². The van der Waals surface area contributed by atoms with E-state index in [0.29, 0.717) is 0 Å². The molecule has 0 amide bonds. The molecule has 0 aromatic heterocycles. The third kappa shape index (κ3) is 4.23. The van der Waals surface area contributed by atoms with Crippen molar-refractivity contribution in [1.82, 2.24) is 9.80 Å². The predicted molar refractivity (Wildman–Crippen MR) is 91.3 cm³/mol. The van der Waals surface area contributed by atoms with Gasteiger partial charge in [-0.05, 0) is 30.5 Å². The van der Waals surface area contributed by atoms with Crippen LogP contribution in [0.5, 0.6) is 0 Å². The fourth-order valence-corrected chi connectivity index (χ4v) is 3.92. The molecular formula is C18H27ClN2O. The van der Waals surface area contributed by atoms with Crippen LogP contribution in [0.25, 0.3) is 0 Å². The van der Waals surface area contributed by atoms with E-state index in [4.69, 9.17) is 11.6 Å². The Bertz CT molecular complexity index is 451. The highest BCUT2D eigenvalue weighted by Gasteiger charge is 2.25. The Hall–Kier alpha value is -0.610. The van der Waals surface area contributed by atoms with Gasteiger partial charge in [-0.1, -0.05) is 43.0 Å². The van der Waals surface area contributed by atoms with E-state index < -0.39 is 6.10 Å². The van der Waals surface area contributed by atoms with E-state index in [1.54, 1.807) is 0 Å². The number of hydrogen-bond donors (Lipinski definition) is 1. The lowest BCUT2D eigenvalue weighted by Crippen LogP contribution is -2.51. The quantitative estimate of drug-likeness (QED) is 0.921. The minimum atomic E-state index is -0.418. The molecule has 2 aliphatic rings. The van der Waals surface area contributed by atoms with Gasteiger partial charge in [0.2, 0.25) is 0 Å². The molecule has 1 unspecified atom stereocenters. The average molecular weight is 323 g/mol. The van der Waals surface area contributed by atoms with E-state index in [2.05, 4.69) is 9.80 Å². The monoisotopic (exact) mass is 322 g/mol. The van der Waals surface area contributed by atoms with Crippen molar-refractivity contribution < 1.29 is 5.11 Å². The normalized spacial score (nSPS) is 23.5. The van der Waals surface area contributed by atoms with Gasteiger partial charge in [0, 0.05) is 43.8 Å². The third-order valence-corrected chi connectivity index (χ3v) is 5.44. The number of benzene rings is 1. The summed E-state index contributed by atoms with van der Waals surface area (Å²) in [6, 6.07) is 8.36. The molecule has 4 heteroatoms. The second kappa shape index (κ2) is 7.78. The van der Waals surface area contributed by atoms with Gasteiger partial charge >= 0.3 is 0 Å². The molecule has 122 valence electrons. The Morgan fingerprint density at radius 1 is 1.00 bits per heavy atom. The standard InChI is InChI=1S/C18H27ClN2O/c19-16-8-6-15(7-9-16)18(22)14-20-10-12-21(13-11-20)17-4-2-1-3-5-17/h6-9,17-18,22H,1-5,10-14H2. The smallest absolute Gasteiger partial charge is 0.0916 e. The zero-order valence-electron chi connectivity index (χ0n) is 13.3. The van der Waals surface area contributed by atoms with Crippen LogP contribution in [0.3, 0.4) is 0 Å². The summed E-state index contributed by atoms with van der Waals surface area (Å²) in [7, 11) is 0. The summed E-state index contributed by atoms with van der Waals surface area (Å²) >= 11 is 5.90. The van der Waals surface area contributed by atoms with Gasteiger partial charge in [-0.15, -0.1) is 0 Å². The Kier molecular flexibility index (Phi) is 5.75. The number of β-amino-alcohol motifs (C(OH)–C–C–N with tert-alkyl or cyclic N) is 1. The Labute approximate surface area is 138 Å². The Morgan fingerprint density at radius 3 is 2.27 bits per heavy atom. The minimum absolute atomic E-state index is 0.418. The molecular weight excluding hydrogens is 296 g/mol. The van der Waals surface area contributed by atoms with Crippen LogP contribution < -0.4 is 0 Å². The SMILES string of the molecule is OC(CN1CCN(C2CCCCC2)CC1)c1ccc(Cl)cc1. The molecule has 22 heavy (non-hydrogen) atoms. The molecule has 3 rings (SSSR count). The van der Waals surface area contributed by atoms with E-state index in [0.717, 1.165) is 49.4 Å². The van der Waals surface area contributed by atoms with Gasteiger partial charge in [0.05, 0.1) is 6.10 Å². The number of nitrogens with zero attached hydrogens (tertiary/aromatic N) is 2. The van der Waals surface area contributed by atoms with Crippen LogP contribution in [0, 0.1) is 0 Å². The second-order valence-electron chi connectivity index (χ2n) is 6.70. The van der Waals surface area contributed by atoms with E-state index >= 15 is 0 Å². The lowest BCUT2D eigenvalue weighted by Gasteiger charge is -2.41. The zero-order valence-corrected chi connectivity index (χ0v) is 14.0. The van der Waals surface area contributed by atoms with Crippen LogP contribution in [0.4, 0.5) is 0 Å². The molecule has 1 saturated carbocycles. The van der Waals surface area contributed by atoms with Crippen LogP contribution in [-0.2, 0) is 0 Å². The first-order chi connectivity index (χ1) is 10.7. The van der Waals surface area contributed by atoms with Crippen LogP contribution in [0.1, 0.15) is 43.8 Å². The first kappa shape index (κ1) is 16.3. The first-order valence-corrected chi connectivity index (χ1v) is 9.00. The van der Waals surface area contributed by atoms with Gasteiger partial charge in [-0.2, -0.15) is 0 Å². The molecule has 3 nitrogen and oxygen atoms in total. The number of aliphatic hydroxyl groups is 1. The van der Waals surface area contributed by atoms with E-state index in [1.165, 1.54) is 32.1 Å². The van der Waals surface area contributed by atoms with Crippen molar-refractivity contribution in [3.8, 4) is 0 Å². The van der Waals surface area contributed by atoms with Crippen LogP contribution >= 0.6 is 11.6 Å². The molecule has 1 aliphatic carbocycles. The summed E-state index contributed by atoms with van der Waals surface area (Å²) in [6.45, 7) is 5.17. The lowest BCUT2D eigenvalue weighted by atomic mass is 9.94. The van der Waals surface area contributed by atoms with Gasteiger partial charge in [-0.25, -0.2) is 0 Å². The van der Waals surface area contributed by atoms with E-state index in [9.17, 15) is 5.11 Å². The maximum atomic E-state index is 10.4. The molecule has 1 aromatic carbocycles. The van der Waals surface area contributed by atoms with E-state index in [1.807, 2.05) is 24.3 Å². The first-order valence-electron chi connectivity index (χ1n) is 8.62. The van der Waals surface area contributed by atoms with Gasteiger partial charge < -0.3 is 5.11 Å². The number of halogens is 1. The number of hydrogen-bond acceptors (Lipinski definition) is 3. The highest BCUT2D eigenvalue weighted by molar-refractivity contribution is 6.30. The minimum Gasteiger partial charge on any atom is -0.387 e. The van der Waals surface area contributed by atoms with E-state index in [-0.39, 0.29) is 0 Å². The molecule has 1 aromatic rings. The number of piperazine rings is 1. The number of aliphatic hydroxyl groups excluding tert-OH is 1. The van der Waals surface area contributed by atoms with Crippen molar-refractivity contribution in [2.24, 2.45) is 0 Å². The van der Waals surface area contributed by atoms with Crippen molar-refractivity contribution in [2.45, 2.75) is 44.2 Å². The van der Waals surface area contributed by atoms with Gasteiger partial charge in [0.25, 0.3) is 0 Å². The molecule has 0 radical (unpaired) electrons. The molecule has 1 N–H and O–H groups in total. The summed E-state index contributed by atoms with van der Waals surface area (Å²) in [5.41, 5.74) is 0.958. The molecule has 0 spiro atoms. The topological polar surface area (TPSA) is 26.7 Å². The lowest BCUT2D eigenvalue weighted by molar-refractivity contribution is 0.0475. The van der Waals surface area contributed by atoms with Gasteiger partial charge in [0.1, 0.15) is 0 Å². The van der Waals surface area contributed by atoms with Gasteiger partial charge in [0.15, 0.2) is 0 Å². The molecule has 1 aliphatic heterocycles. The average Bonchev–Trinajstić information content (AvgIpc) is 2.57. The number of rotatable bonds is 4. The maximum absolute atomic E-state index is 10.4. The summed E-state index contributed by atoms with van der Waals surface area (Å²) in [5, 5.41) is 11.1. The predicted octanol–water partition coefficient (Wildman–Crippen LogP) is 3.32. The van der Waals surface area contributed by atoms with Crippen molar-refractivity contribution in [2.75, 3.05) is 32.7 Å². The van der Waals surface area contributed by atoms with Crippen LogP contribution in [0.2, 0.25) is 5.02 Å². The Morgan fingerprint density at radius 2 is 1.64 bits per heavy atom. The summed E-state index contributed by atoms with van der Waals surface area (Å²) in [5.74, 6) is 0. The van der Waals surface area contributed by atoms with Crippen LogP contribution in [-0.4, -0.2) is 53.7 Å².